The van der Waals surface area contributed by atoms with Gasteiger partial charge in [0.2, 0.25) is 0 Å². The molecule has 31 heavy (non-hydrogen) atoms. The number of carbonyl (C=O) groups excluding carboxylic acids is 2. The quantitative estimate of drug-likeness (QED) is 0.570. The van der Waals surface area contributed by atoms with Crippen LogP contribution in [0.1, 0.15) is 45.7 Å². The molecule has 6 nitrogen and oxygen atoms in total. The molecule has 0 atom stereocenters. The van der Waals surface area contributed by atoms with E-state index in [1.807, 2.05) is 50.2 Å². The van der Waals surface area contributed by atoms with E-state index in [9.17, 15) is 9.59 Å². The first kappa shape index (κ1) is 22.0. The molecule has 6 heteroatoms. The van der Waals surface area contributed by atoms with Crippen molar-refractivity contribution in [1.82, 2.24) is 15.2 Å². The molecule has 2 amide bonds. The van der Waals surface area contributed by atoms with Crippen molar-refractivity contribution in [2.75, 3.05) is 13.1 Å². The van der Waals surface area contributed by atoms with Gasteiger partial charge >= 0.3 is 0 Å². The van der Waals surface area contributed by atoms with Crippen LogP contribution in [0.3, 0.4) is 0 Å². The zero-order chi connectivity index (χ0) is 22.1. The van der Waals surface area contributed by atoms with E-state index in [0.717, 1.165) is 16.9 Å². The standard InChI is InChI=1S/C25H27N3O3/c1-3-28(4-2)25(30)22-11-9-21(10-12-22)24(29)27-17-19-7-13-23(14-8-19)31-18-20-6-5-15-26-16-20/h5-16H,3-4,17-18H2,1-2H3,(H,27,29). The normalized spacial score (nSPS) is 10.4. The summed E-state index contributed by atoms with van der Waals surface area (Å²) in [6.07, 6.45) is 3.50. The maximum Gasteiger partial charge on any atom is 0.253 e. The lowest BCUT2D eigenvalue weighted by atomic mass is 10.1. The third-order valence-corrected chi connectivity index (χ3v) is 4.95. The van der Waals surface area contributed by atoms with Gasteiger partial charge < -0.3 is 15.0 Å². The van der Waals surface area contributed by atoms with Gasteiger partial charge in [0.05, 0.1) is 0 Å². The monoisotopic (exact) mass is 417 g/mol. The predicted octanol–water partition coefficient (Wildman–Crippen LogP) is 4.07. The molecule has 0 radical (unpaired) electrons. The minimum absolute atomic E-state index is 0.0252. The maximum atomic E-state index is 12.4. The molecule has 0 unspecified atom stereocenters. The number of ether oxygens (including phenoxy) is 1. The molecule has 2 aromatic carbocycles. The van der Waals surface area contributed by atoms with Gasteiger partial charge in [0.1, 0.15) is 12.4 Å². The van der Waals surface area contributed by atoms with Gasteiger partial charge in [-0.15, -0.1) is 0 Å². The van der Waals surface area contributed by atoms with Crippen molar-refractivity contribution < 1.29 is 14.3 Å². The SMILES string of the molecule is CCN(CC)C(=O)c1ccc(C(=O)NCc2ccc(OCc3cccnc3)cc2)cc1. The Morgan fingerprint density at radius 3 is 2.19 bits per heavy atom. The Hall–Kier alpha value is -3.67. The smallest absolute Gasteiger partial charge is 0.253 e. The van der Waals surface area contributed by atoms with E-state index >= 15 is 0 Å². The molecule has 0 aliphatic carbocycles. The van der Waals surface area contributed by atoms with Gasteiger partial charge in [0, 0.05) is 48.7 Å². The number of nitrogens with zero attached hydrogens (tertiary/aromatic N) is 2. The second-order valence-corrected chi connectivity index (χ2v) is 7.03. The molecule has 1 heterocycles. The van der Waals surface area contributed by atoms with E-state index < -0.39 is 0 Å². The fourth-order valence-corrected chi connectivity index (χ4v) is 3.10. The summed E-state index contributed by atoms with van der Waals surface area (Å²) in [4.78, 5) is 30.6. The van der Waals surface area contributed by atoms with Gasteiger partial charge in [-0.1, -0.05) is 18.2 Å². The summed E-state index contributed by atoms with van der Waals surface area (Å²) in [7, 11) is 0. The summed E-state index contributed by atoms with van der Waals surface area (Å²) in [6.45, 7) is 6.07. The first-order valence-corrected chi connectivity index (χ1v) is 10.4. The average molecular weight is 418 g/mol. The Morgan fingerprint density at radius 1 is 0.903 bits per heavy atom. The summed E-state index contributed by atoms with van der Waals surface area (Å²) in [5.41, 5.74) is 3.08. The Labute approximate surface area is 182 Å². The molecule has 1 aromatic heterocycles. The molecular formula is C25H27N3O3. The van der Waals surface area contributed by atoms with E-state index in [4.69, 9.17) is 4.74 Å². The number of rotatable bonds is 9. The van der Waals surface area contributed by atoms with Crippen LogP contribution in [0.4, 0.5) is 0 Å². The Balaban J connectivity index is 1.50. The topological polar surface area (TPSA) is 71.5 Å². The Morgan fingerprint density at radius 2 is 1.58 bits per heavy atom. The number of aromatic nitrogens is 1. The van der Waals surface area contributed by atoms with Crippen LogP contribution >= 0.6 is 0 Å². The summed E-state index contributed by atoms with van der Waals surface area (Å²) >= 11 is 0. The average Bonchev–Trinajstić information content (AvgIpc) is 2.83. The molecule has 3 rings (SSSR count). The number of carbonyl (C=O) groups is 2. The summed E-state index contributed by atoms with van der Waals surface area (Å²) < 4.78 is 5.75. The number of amides is 2. The highest BCUT2D eigenvalue weighted by Gasteiger charge is 2.13. The minimum Gasteiger partial charge on any atom is -0.489 e. The van der Waals surface area contributed by atoms with E-state index in [-0.39, 0.29) is 11.8 Å². The molecule has 0 bridgehead atoms. The lowest BCUT2D eigenvalue weighted by Gasteiger charge is -2.18. The minimum atomic E-state index is -0.182. The van der Waals surface area contributed by atoms with Crippen LogP contribution in [0.2, 0.25) is 0 Å². The molecule has 0 aliphatic heterocycles. The van der Waals surface area contributed by atoms with Gasteiger partial charge in [-0.2, -0.15) is 0 Å². The third kappa shape index (κ3) is 6.15. The van der Waals surface area contributed by atoms with E-state index in [0.29, 0.717) is 37.4 Å². The van der Waals surface area contributed by atoms with Crippen LogP contribution in [0.5, 0.6) is 5.75 Å². The lowest BCUT2D eigenvalue weighted by molar-refractivity contribution is 0.0772. The molecule has 160 valence electrons. The molecule has 0 saturated carbocycles. The van der Waals surface area contributed by atoms with Crippen LogP contribution < -0.4 is 10.1 Å². The molecule has 0 spiro atoms. The zero-order valence-corrected chi connectivity index (χ0v) is 17.9. The van der Waals surface area contributed by atoms with E-state index in [1.165, 1.54) is 0 Å². The number of hydrogen-bond acceptors (Lipinski definition) is 4. The fourth-order valence-electron chi connectivity index (χ4n) is 3.10. The van der Waals surface area contributed by atoms with Gasteiger partial charge in [-0.3, -0.25) is 14.6 Å². The van der Waals surface area contributed by atoms with E-state index in [1.54, 1.807) is 41.6 Å². The van der Waals surface area contributed by atoms with Crippen LogP contribution in [0, 0.1) is 0 Å². The van der Waals surface area contributed by atoms with Crippen molar-refractivity contribution in [3.8, 4) is 5.75 Å². The number of pyridine rings is 1. The molecule has 0 fully saturated rings. The number of nitrogens with one attached hydrogen (secondary N) is 1. The maximum absolute atomic E-state index is 12.4. The van der Waals surface area contributed by atoms with Gasteiger partial charge in [0.25, 0.3) is 11.8 Å². The van der Waals surface area contributed by atoms with Crippen molar-refractivity contribution in [1.29, 1.82) is 0 Å². The highest BCUT2D eigenvalue weighted by molar-refractivity contribution is 5.97. The zero-order valence-electron chi connectivity index (χ0n) is 17.9. The van der Waals surface area contributed by atoms with E-state index in [2.05, 4.69) is 10.3 Å². The lowest BCUT2D eigenvalue weighted by Crippen LogP contribution is -2.30. The van der Waals surface area contributed by atoms with Crippen molar-refractivity contribution >= 4 is 11.8 Å². The first-order valence-electron chi connectivity index (χ1n) is 10.4. The van der Waals surface area contributed by atoms with Crippen LogP contribution in [-0.2, 0) is 13.2 Å². The van der Waals surface area contributed by atoms with Crippen molar-refractivity contribution in [2.24, 2.45) is 0 Å². The molecule has 0 aliphatic rings. The van der Waals surface area contributed by atoms with Gasteiger partial charge in [-0.25, -0.2) is 0 Å². The largest absolute Gasteiger partial charge is 0.489 e. The second-order valence-electron chi connectivity index (χ2n) is 7.03. The van der Waals surface area contributed by atoms with Crippen LogP contribution in [0.25, 0.3) is 0 Å². The highest BCUT2D eigenvalue weighted by Crippen LogP contribution is 2.14. The molecule has 1 N–H and O–H groups in total. The first-order chi connectivity index (χ1) is 15.1. The second kappa shape index (κ2) is 10.9. The van der Waals surface area contributed by atoms with Gasteiger partial charge in [0.15, 0.2) is 0 Å². The summed E-state index contributed by atoms with van der Waals surface area (Å²) in [5, 5.41) is 2.90. The van der Waals surface area contributed by atoms with Gasteiger partial charge in [-0.05, 0) is 61.9 Å². The van der Waals surface area contributed by atoms with Crippen molar-refractivity contribution in [3.05, 3.63) is 95.3 Å². The molecule has 0 saturated heterocycles. The summed E-state index contributed by atoms with van der Waals surface area (Å²) in [6, 6.07) is 18.2. The Kier molecular flexibility index (Phi) is 7.76. The summed E-state index contributed by atoms with van der Waals surface area (Å²) in [5.74, 6) is 0.550. The number of benzene rings is 2. The van der Waals surface area contributed by atoms with Crippen LogP contribution in [0.15, 0.2) is 73.1 Å². The van der Waals surface area contributed by atoms with Crippen molar-refractivity contribution in [3.63, 3.8) is 0 Å². The van der Waals surface area contributed by atoms with Crippen LogP contribution in [-0.4, -0.2) is 34.8 Å². The van der Waals surface area contributed by atoms with Crippen molar-refractivity contribution in [2.45, 2.75) is 27.0 Å². The highest BCUT2D eigenvalue weighted by atomic mass is 16.5. The molecular weight excluding hydrogens is 390 g/mol. The fraction of sp³-hybridized carbons (Fsp3) is 0.240. The Bertz CT molecular complexity index is 983. The third-order valence-electron chi connectivity index (χ3n) is 4.95. The molecule has 3 aromatic rings. The predicted molar refractivity (Wildman–Crippen MR) is 120 cm³/mol. The number of hydrogen-bond donors (Lipinski definition) is 1.